The summed E-state index contributed by atoms with van der Waals surface area (Å²) in [6.45, 7) is 0. The number of ether oxygens (including phenoxy) is 2. The summed E-state index contributed by atoms with van der Waals surface area (Å²) in [5, 5.41) is 0. The number of fused-ring (bicyclic) bond motifs is 2. The molecule has 1 fully saturated rings. The van der Waals surface area contributed by atoms with Crippen molar-refractivity contribution in [3.8, 4) is 0 Å². The van der Waals surface area contributed by atoms with Gasteiger partial charge in [-0.05, 0) is 6.08 Å². The van der Waals surface area contributed by atoms with Crippen LogP contribution < -0.4 is 0 Å². The first-order chi connectivity index (χ1) is 6.20. The van der Waals surface area contributed by atoms with Gasteiger partial charge >= 0.3 is 5.97 Å². The monoisotopic (exact) mass is 182 g/mol. The Labute approximate surface area is 75.5 Å². The molecule has 4 nitrogen and oxygen atoms in total. The summed E-state index contributed by atoms with van der Waals surface area (Å²) in [7, 11) is 1.33. The molecule has 0 aromatic rings. The van der Waals surface area contributed by atoms with Gasteiger partial charge in [0.2, 0.25) is 0 Å². The summed E-state index contributed by atoms with van der Waals surface area (Å²) in [4.78, 5) is 22.3. The molecule has 0 aromatic heterocycles. The highest BCUT2D eigenvalue weighted by atomic mass is 16.5. The molecule has 0 saturated carbocycles. The van der Waals surface area contributed by atoms with Crippen LogP contribution in [0.4, 0.5) is 0 Å². The van der Waals surface area contributed by atoms with Crippen molar-refractivity contribution in [1.29, 1.82) is 0 Å². The van der Waals surface area contributed by atoms with Gasteiger partial charge in [0.05, 0.1) is 24.9 Å². The molecular formula is C9H10O4. The van der Waals surface area contributed by atoms with E-state index < -0.39 is 0 Å². The molecular weight excluding hydrogens is 172 g/mol. The Hall–Kier alpha value is -1.16. The largest absolute Gasteiger partial charge is 0.466 e. The molecule has 4 heteroatoms. The minimum absolute atomic E-state index is 0.149. The Balaban J connectivity index is 2.19. The third-order valence-electron chi connectivity index (χ3n) is 2.31. The zero-order valence-electron chi connectivity index (χ0n) is 7.28. The summed E-state index contributed by atoms with van der Waals surface area (Å²) >= 11 is 0. The zero-order chi connectivity index (χ0) is 9.42. The van der Waals surface area contributed by atoms with E-state index in [4.69, 9.17) is 4.74 Å². The number of carbonyl (C=O) groups excluding carboxylic acids is 2. The van der Waals surface area contributed by atoms with E-state index in [0.717, 1.165) is 0 Å². The van der Waals surface area contributed by atoms with Crippen LogP contribution in [0.1, 0.15) is 12.8 Å². The normalized spacial score (nSPS) is 31.5. The van der Waals surface area contributed by atoms with Gasteiger partial charge in [0.1, 0.15) is 5.78 Å². The van der Waals surface area contributed by atoms with Crippen molar-refractivity contribution < 1.29 is 19.1 Å². The number of methoxy groups -OCH3 is 1. The highest BCUT2D eigenvalue weighted by Crippen LogP contribution is 2.30. The summed E-state index contributed by atoms with van der Waals surface area (Å²) in [6.07, 6.45) is 1.81. The molecule has 2 rings (SSSR count). The van der Waals surface area contributed by atoms with Crippen LogP contribution in [0.25, 0.3) is 0 Å². The lowest BCUT2D eigenvalue weighted by Gasteiger charge is -2.20. The van der Waals surface area contributed by atoms with Gasteiger partial charge in [-0.15, -0.1) is 0 Å². The van der Waals surface area contributed by atoms with E-state index in [2.05, 4.69) is 4.74 Å². The quantitative estimate of drug-likeness (QED) is 0.544. The molecule has 2 bridgehead atoms. The van der Waals surface area contributed by atoms with Crippen LogP contribution in [0.2, 0.25) is 0 Å². The molecule has 2 heterocycles. The minimum Gasteiger partial charge on any atom is -0.466 e. The van der Waals surface area contributed by atoms with Gasteiger partial charge in [-0.3, -0.25) is 4.79 Å². The van der Waals surface area contributed by atoms with Crippen molar-refractivity contribution in [2.24, 2.45) is 0 Å². The lowest BCUT2D eigenvalue weighted by Crippen LogP contribution is -2.28. The van der Waals surface area contributed by atoms with Crippen LogP contribution in [0.3, 0.4) is 0 Å². The molecule has 1 saturated heterocycles. The molecule has 70 valence electrons. The van der Waals surface area contributed by atoms with E-state index in [0.29, 0.717) is 18.4 Å². The van der Waals surface area contributed by atoms with Crippen LogP contribution in [0.5, 0.6) is 0 Å². The summed E-state index contributed by atoms with van der Waals surface area (Å²) < 4.78 is 9.97. The van der Waals surface area contributed by atoms with E-state index in [-0.39, 0.29) is 24.0 Å². The lowest BCUT2D eigenvalue weighted by atomic mass is 10.1. The number of ketones is 1. The maximum atomic E-state index is 11.2. The Bertz CT molecular complexity index is 292. The van der Waals surface area contributed by atoms with Gasteiger partial charge < -0.3 is 9.47 Å². The first-order valence-electron chi connectivity index (χ1n) is 4.18. The van der Waals surface area contributed by atoms with Gasteiger partial charge in [0.15, 0.2) is 0 Å². The highest BCUT2D eigenvalue weighted by Gasteiger charge is 2.38. The van der Waals surface area contributed by atoms with E-state index in [1.165, 1.54) is 7.11 Å². The molecule has 2 aliphatic rings. The third-order valence-corrected chi connectivity index (χ3v) is 2.31. The van der Waals surface area contributed by atoms with E-state index in [1.807, 2.05) is 0 Å². The van der Waals surface area contributed by atoms with Gasteiger partial charge in [-0.1, -0.05) is 0 Å². The Kier molecular flexibility index (Phi) is 1.92. The molecule has 0 spiro atoms. The molecule has 0 radical (unpaired) electrons. The Morgan fingerprint density at radius 1 is 1.62 bits per heavy atom. The number of esters is 1. The number of Topliss-reactive ketones (excluding diaryl/α,β-unsaturated/α-hetero) is 1. The smallest absolute Gasteiger partial charge is 0.336 e. The second-order valence-electron chi connectivity index (χ2n) is 3.22. The highest BCUT2D eigenvalue weighted by molar-refractivity contribution is 5.93. The number of hydrogen-bond donors (Lipinski definition) is 0. The fourth-order valence-electron chi connectivity index (χ4n) is 1.73. The Morgan fingerprint density at radius 3 is 3.08 bits per heavy atom. The van der Waals surface area contributed by atoms with Crippen molar-refractivity contribution in [3.63, 3.8) is 0 Å². The van der Waals surface area contributed by atoms with Crippen molar-refractivity contribution in [1.82, 2.24) is 0 Å². The van der Waals surface area contributed by atoms with E-state index >= 15 is 0 Å². The summed E-state index contributed by atoms with van der Waals surface area (Å²) in [5.74, 6) is -0.237. The molecule has 2 unspecified atom stereocenters. The lowest BCUT2D eigenvalue weighted by molar-refractivity contribution is -0.138. The Morgan fingerprint density at radius 2 is 2.38 bits per heavy atom. The molecule has 2 atom stereocenters. The zero-order valence-corrected chi connectivity index (χ0v) is 7.28. The topological polar surface area (TPSA) is 52.6 Å². The van der Waals surface area contributed by atoms with Gasteiger partial charge in [0.25, 0.3) is 0 Å². The van der Waals surface area contributed by atoms with Crippen LogP contribution in [-0.2, 0) is 19.1 Å². The van der Waals surface area contributed by atoms with Crippen molar-refractivity contribution in [2.75, 3.05) is 7.11 Å². The second-order valence-corrected chi connectivity index (χ2v) is 3.22. The number of hydrogen-bond acceptors (Lipinski definition) is 4. The maximum absolute atomic E-state index is 11.2. The first-order valence-corrected chi connectivity index (χ1v) is 4.18. The van der Waals surface area contributed by atoms with Gasteiger partial charge in [-0.25, -0.2) is 4.79 Å². The van der Waals surface area contributed by atoms with Crippen molar-refractivity contribution >= 4 is 11.8 Å². The molecule has 0 amide bonds. The number of carbonyl (C=O) groups is 2. The van der Waals surface area contributed by atoms with Crippen molar-refractivity contribution in [2.45, 2.75) is 25.0 Å². The molecule has 0 aliphatic carbocycles. The van der Waals surface area contributed by atoms with Gasteiger partial charge in [0, 0.05) is 12.8 Å². The van der Waals surface area contributed by atoms with E-state index in [9.17, 15) is 9.59 Å². The fourth-order valence-corrected chi connectivity index (χ4v) is 1.73. The predicted molar refractivity (Wildman–Crippen MR) is 43.0 cm³/mol. The predicted octanol–water partition coefficient (Wildman–Crippen LogP) is 0.216. The SMILES string of the molecule is COC(=O)C1=CC2CC(=O)CC1O2. The maximum Gasteiger partial charge on any atom is 0.336 e. The average Bonchev–Trinajstić information content (AvgIpc) is 2.40. The first kappa shape index (κ1) is 8.44. The molecule has 0 aromatic carbocycles. The van der Waals surface area contributed by atoms with Crippen LogP contribution in [-0.4, -0.2) is 31.1 Å². The van der Waals surface area contributed by atoms with Crippen LogP contribution in [0, 0.1) is 0 Å². The van der Waals surface area contributed by atoms with Crippen LogP contribution in [0.15, 0.2) is 11.6 Å². The van der Waals surface area contributed by atoms with Crippen LogP contribution >= 0.6 is 0 Å². The van der Waals surface area contributed by atoms with Crippen molar-refractivity contribution in [3.05, 3.63) is 11.6 Å². The second kappa shape index (κ2) is 2.96. The van der Waals surface area contributed by atoms with Gasteiger partial charge in [-0.2, -0.15) is 0 Å². The van der Waals surface area contributed by atoms with E-state index in [1.54, 1.807) is 6.08 Å². The third kappa shape index (κ3) is 1.37. The molecule has 13 heavy (non-hydrogen) atoms. The fraction of sp³-hybridized carbons (Fsp3) is 0.556. The summed E-state index contributed by atoms with van der Waals surface area (Å²) in [6, 6.07) is 0. The average molecular weight is 182 g/mol. The summed E-state index contributed by atoms with van der Waals surface area (Å²) in [5.41, 5.74) is 0.498. The minimum atomic E-state index is -0.387. The standard InChI is InChI=1S/C9H10O4/c1-12-9(11)7-4-6-2-5(10)3-8(7)13-6/h4,6,8H,2-3H2,1H3. The molecule has 0 N–H and O–H groups in total. The number of rotatable bonds is 1. The molecule has 2 aliphatic heterocycles.